The molecule has 6 heteroatoms. The number of benzene rings is 1. The number of aliphatic carboxylic acids is 1. The number of rotatable bonds is 2. The van der Waals surface area contributed by atoms with Crippen LogP contribution in [0, 0.1) is 5.92 Å². The zero-order valence-electron chi connectivity index (χ0n) is 11.2. The van der Waals surface area contributed by atoms with Crippen LogP contribution in [0.1, 0.15) is 23.4 Å². The summed E-state index contributed by atoms with van der Waals surface area (Å²) in [6.45, 7) is 0.784. The van der Waals surface area contributed by atoms with Crippen LogP contribution in [0.2, 0.25) is 5.02 Å². The molecule has 1 unspecified atom stereocenters. The predicted molar refractivity (Wildman–Crippen MR) is 77.5 cm³/mol. The molecule has 2 heterocycles. The fraction of sp³-hybridized carbons (Fsp3) is 0.333. The second-order valence-electron chi connectivity index (χ2n) is 5.22. The van der Waals surface area contributed by atoms with Crippen LogP contribution in [0.15, 0.2) is 28.7 Å². The Morgan fingerprint density at radius 3 is 2.90 bits per heavy atom. The molecule has 0 bridgehead atoms. The summed E-state index contributed by atoms with van der Waals surface area (Å²) >= 11 is 5.91. The second-order valence-corrected chi connectivity index (χ2v) is 5.66. The molecule has 1 amide bonds. The smallest absolute Gasteiger partial charge is 0.308 e. The highest BCUT2D eigenvalue weighted by Crippen LogP contribution is 2.25. The van der Waals surface area contributed by atoms with Crippen molar-refractivity contribution in [2.75, 3.05) is 13.1 Å². The molecule has 21 heavy (non-hydrogen) atoms. The minimum atomic E-state index is -0.858. The third-order valence-corrected chi connectivity index (χ3v) is 3.98. The van der Waals surface area contributed by atoms with E-state index in [4.69, 9.17) is 21.1 Å². The molecule has 1 atom stereocenters. The van der Waals surface area contributed by atoms with Gasteiger partial charge in [-0.25, -0.2) is 0 Å². The first-order chi connectivity index (χ1) is 10.0. The number of hydrogen-bond donors (Lipinski definition) is 1. The molecule has 0 radical (unpaired) electrons. The Hall–Kier alpha value is -2.01. The van der Waals surface area contributed by atoms with E-state index in [0.717, 1.165) is 5.39 Å². The first kappa shape index (κ1) is 13.9. The summed E-state index contributed by atoms with van der Waals surface area (Å²) in [5.41, 5.74) is 0.592. The van der Waals surface area contributed by atoms with Gasteiger partial charge in [0.1, 0.15) is 5.58 Å². The number of halogens is 1. The van der Waals surface area contributed by atoms with Crippen LogP contribution in [0.4, 0.5) is 0 Å². The average molecular weight is 308 g/mol. The van der Waals surface area contributed by atoms with Gasteiger partial charge < -0.3 is 14.4 Å². The monoisotopic (exact) mass is 307 g/mol. The van der Waals surface area contributed by atoms with Gasteiger partial charge >= 0.3 is 5.97 Å². The number of carbonyl (C=O) groups is 2. The SMILES string of the molecule is O=C(O)C1CCCN(C(=O)c2cc3cc(Cl)ccc3o2)C1. The third-order valence-electron chi connectivity index (χ3n) is 3.75. The predicted octanol–water partition coefficient (Wildman–Crippen LogP) is 3.02. The van der Waals surface area contributed by atoms with E-state index in [1.54, 1.807) is 29.2 Å². The average Bonchev–Trinajstić information content (AvgIpc) is 2.89. The number of carboxylic acid groups (broad SMARTS) is 1. The van der Waals surface area contributed by atoms with E-state index in [1.807, 2.05) is 0 Å². The lowest BCUT2D eigenvalue weighted by molar-refractivity contribution is -0.143. The fourth-order valence-electron chi connectivity index (χ4n) is 2.64. The van der Waals surface area contributed by atoms with Gasteiger partial charge in [-0.1, -0.05) is 11.6 Å². The van der Waals surface area contributed by atoms with Crippen molar-refractivity contribution in [3.05, 3.63) is 35.0 Å². The van der Waals surface area contributed by atoms with Crippen molar-refractivity contribution < 1.29 is 19.1 Å². The standard InChI is InChI=1S/C15H14ClNO4/c16-11-3-4-12-10(6-11)7-13(21-12)14(18)17-5-1-2-9(8-17)15(19)20/h3-4,6-7,9H,1-2,5,8H2,(H,19,20). The van der Waals surface area contributed by atoms with Crippen LogP contribution in [0.5, 0.6) is 0 Å². The van der Waals surface area contributed by atoms with Crippen molar-refractivity contribution in [2.24, 2.45) is 5.92 Å². The largest absolute Gasteiger partial charge is 0.481 e. The summed E-state index contributed by atoms with van der Waals surface area (Å²) in [6.07, 6.45) is 1.30. The zero-order chi connectivity index (χ0) is 15.0. The van der Waals surface area contributed by atoms with E-state index < -0.39 is 11.9 Å². The number of piperidine rings is 1. The van der Waals surface area contributed by atoms with E-state index in [-0.39, 0.29) is 18.2 Å². The van der Waals surface area contributed by atoms with Crippen LogP contribution in [-0.4, -0.2) is 35.0 Å². The number of hydrogen-bond acceptors (Lipinski definition) is 3. The quantitative estimate of drug-likeness (QED) is 0.925. The van der Waals surface area contributed by atoms with Gasteiger partial charge in [-0.2, -0.15) is 0 Å². The Morgan fingerprint density at radius 1 is 1.33 bits per heavy atom. The summed E-state index contributed by atoms with van der Waals surface area (Å²) in [5.74, 6) is -1.41. The van der Waals surface area contributed by atoms with Crippen molar-refractivity contribution in [3.63, 3.8) is 0 Å². The number of carboxylic acids is 1. The zero-order valence-corrected chi connectivity index (χ0v) is 12.0. The van der Waals surface area contributed by atoms with Crippen molar-refractivity contribution in [1.29, 1.82) is 0 Å². The summed E-state index contributed by atoms with van der Waals surface area (Å²) in [6, 6.07) is 6.79. The van der Waals surface area contributed by atoms with Gasteiger partial charge in [0.15, 0.2) is 5.76 Å². The maximum atomic E-state index is 12.4. The molecule has 0 aliphatic carbocycles. The third kappa shape index (κ3) is 2.74. The minimum absolute atomic E-state index is 0.221. The Labute approximate surface area is 126 Å². The molecule has 1 aromatic heterocycles. The van der Waals surface area contributed by atoms with Crippen LogP contribution < -0.4 is 0 Å². The summed E-state index contributed by atoms with van der Waals surface area (Å²) in [4.78, 5) is 25.0. The molecular formula is C15H14ClNO4. The Balaban J connectivity index is 1.84. The van der Waals surface area contributed by atoms with E-state index in [0.29, 0.717) is 30.0 Å². The first-order valence-electron chi connectivity index (χ1n) is 6.76. The summed E-state index contributed by atoms with van der Waals surface area (Å²) in [5, 5.41) is 10.4. The van der Waals surface area contributed by atoms with E-state index in [1.165, 1.54) is 0 Å². The van der Waals surface area contributed by atoms with E-state index in [2.05, 4.69) is 0 Å². The minimum Gasteiger partial charge on any atom is -0.481 e. The van der Waals surface area contributed by atoms with E-state index in [9.17, 15) is 9.59 Å². The van der Waals surface area contributed by atoms with Gasteiger partial charge in [0.2, 0.25) is 0 Å². The normalized spacial score (nSPS) is 18.9. The number of fused-ring (bicyclic) bond motifs is 1. The van der Waals surface area contributed by atoms with Crippen molar-refractivity contribution in [2.45, 2.75) is 12.8 Å². The Morgan fingerprint density at radius 2 is 2.14 bits per heavy atom. The van der Waals surface area contributed by atoms with E-state index >= 15 is 0 Å². The highest BCUT2D eigenvalue weighted by molar-refractivity contribution is 6.31. The highest BCUT2D eigenvalue weighted by atomic mass is 35.5. The van der Waals surface area contributed by atoms with Crippen LogP contribution in [0.3, 0.4) is 0 Å². The molecule has 1 saturated heterocycles. The topological polar surface area (TPSA) is 70.8 Å². The number of amides is 1. The molecule has 1 aliphatic rings. The second kappa shape index (κ2) is 5.41. The number of furan rings is 1. The van der Waals surface area contributed by atoms with Gasteiger partial charge in [0, 0.05) is 23.5 Å². The van der Waals surface area contributed by atoms with Crippen molar-refractivity contribution in [3.8, 4) is 0 Å². The van der Waals surface area contributed by atoms with Gasteiger partial charge in [-0.3, -0.25) is 9.59 Å². The first-order valence-corrected chi connectivity index (χ1v) is 7.13. The molecule has 3 rings (SSSR count). The molecule has 2 aromatic rings. The van der Waals surface area contributed by atoms with Gasteiger partial charge in [-0.15, -0.1) is 0 Å². The lowest BCUT2D eigenvalue weighted by Gasteiger charge is -2.29. The lowest BCUT2D eigenvalue weighted by Crippen LogP contribution is -2.42. The molecule has 1 aromatic carbocycles. The number of nitrogens with zero attached hydrogens (tertiary/aromatic N) is 1. The molecule has 1 N–H and O–H groups in total. The Kier molecular flexibility index (Phi) is 3.59. The molecule has 1 aliphatic heterocycles. The van der Waals surface area contributed by atoms with Crippen molar-refractivity contribution >= 4 is 34.4 Å². The van der Waals surface area contributed by atoms with Gasteiger partial charge in [0.05, 0.1) is 5.92 Å². The molecule has 1 fully saturated rings. The highest BCUT2D eigenvalue weighted by Gasteiger charge is 2.30. The molecular weight excluding hydrogens is 294 g/mol. The number of carbonyl (C=O) groups excluding carboxylic acids is 1. The van der Waals surface area contributed by atoms with Crippen LogP contribution in [-0.2, 0) is 4.79 Å². The fourth-order valence-corrected chi connectivity index (χ4v) is 2.82. The van der Waals surface area contributed by atoms with Gasteiger partial charge in [-0.05, 0) is 37.1 Å². The maximum absolute atomic E-state index is 12.4. The maximum Gasteiger partial charge on any atom is 0.308 e. The molecule has 5 nitrogen and oxygen atoms in total. The molecule has 0 spiro atoms. The summed E-state index contributed by atoms with van der Waals surface area (Å²) in [7, 11) is 0. The van der Waals surface area contributed by atoms with Crippen LogP contribution in [0.25, 0.3) is 11.0 Å². The molecule has 110 valence electrons. The van der Waals surface area contributed by atoms with Gasteiger partial charge in [0.25, 0.3) is 5.91 Å². The van der Waals surface area contributed by atoms with Crippen molar-refractivity contribution in [1.82, 2.24) is 4.90 Å². The number of likely N-dealkylation sites (tertiary alicyclic amines) is 1. The molecule has 0 saturated carbocycles. The summed E-state index contributed by atoms with van der Waals surface area (Å²) < 4.78 is 5.54. The lowest BCUT2D eigenvalue weighted by atomic mass is 9.98. The Bertz CT molecular complexity index is 709. The van der Waals surface area contributed by atoms with Crippen LogP contribution >= 0.6 is 11.6 Å².